The van der Waals surface area contributed by atoms with Crippen LogP contribution in [0.2, 0.25) is 0 Å². The molecule has 2 rings (SSSR count). The summed E-state index contributed by atoms with van der Waals surface area (Å²) >= 11 is 0. The van der Waals surface area contributed by atoms with Crippen LogP contribution in [0, 0.1) is 17.0 Å². The molecule has 1 aromatic carbocycles. The van der Waals surface area contributed by atoms with Gasteiger partial charge in [-0.3, -0.25) is 9.59 Å². The van der Waals surface area contributed by atoms with Gasteiger partial charge in [-0.25, -0.2) is 8.78 Å². The van der Waals surface area contributed by atoms with Gasteiger partial charge in [-0.2, -0.15) is 0 Å². The van der Waals surface area contributed by atoms with Gasteiger partial charge >= 0.3 is 5.97 Å². The Hall–Kier alpha value is -1.98. The lowest BCUT2D eigenvalue weighted by Gasteiger charge is -2.22. The van der Waals surface area contributed by atoms with Crippen molar-refractivity contribution in [3.05, 3.63) is 29.8 Å². The molecule has 0 spiro atoms. The number of hydrogen-bond donors (Lipinski definition) is 2. The van der Waals surface area contributed by atoms with Gasteiger partial charge in [-0.15, -0.1) is 0 Å². The summed E-state index contributed by atoms with van der Waals surface area (Å²) in [6.45, 7) is 0. The molecular weight excluding hydrogens is 268 g/mol. The number of rotatable bonds is 4. The van der Waals surface area contributed by atoms with Crippen LogP contribution in [0.3, 0.4) is 0 Å². The molecule has 0 bridgehead atoms. The Labute approximate surface area is 114 Å². The molecule has 20 heavy (non-hydrogen) atoms. The van der Waals surface area contributed by atoms with Gasteiger partial charge in [0.05, 0.1) is 11.1 Å². The van der Waals surface area contributed by atoms with Crippen molar-refractivity contribution in [1.82, 2.24) is 0 Å². The molecule has 0 saturated heterocycles. The van der Waals surface area contributed by atoms with Gasteiger partial charge in [-0.05, 0) is 25.0 Å². The molecular formula is C14H15F2NO3. The summed E-state index contributed by atoms with van der Waals surface area (Å²) in [6, 6.07) is 3.45. The highest BCUT2D eigenvalue weighted by molar-refractivity contribution is 5.94. The number of aliphatic carboxylic acids is 1. The van der Waals surface area contributed by atoms with Crippen molar-refractivity contribution in [3.63, 3.8) is 0 Å². The molecule has 1 aliphatic carbocycles. The van der Waals surface area contributed by atoms with E-state index in [4.69, 9.17) is 0 Å². The third kappa shape index (κ3) is 2.79. The lowest BCUT2D eigenvalue weighted by Crippen LogP contribution is -2.32. The Kier molecular flexibility index (Phi) is 4.01. The highest BCUT2D eigenvalue weighted by atomic mass is 19.2. The van der Waals surface area contributed by atoms with Crippen LogP contribution in [0.1, 0.15) is 32.1 Å². The summed E-state index contributed by atoms with van der Waals surface area (Å²) in [5.74, 6) is -3.82. The van der Waals surface area contributed by atoms with Crippen LogP contribution in [0.25, 0.3) is 0 Å². The van der Waals surface area contributed by atoms with Crippen LogP contribution in [0.4, 0.5) is 14.5 Å². The quantitative estimate of drug-likeness (QED) is 0.892. The number of nitrogens with one attached hydrogen (secondary N) is 1. The molecule has 0 atom stereocenters. The Morgan fingerprint density at radius 2 is 1.90 bits per heavy atom. The molecule has 108 valence electrons. The maximum absolute atomic E-state index is 13.4. The topological polar surface area (TPSA) is 66.4 Å². The second kappa shape index (κ2) is 5.56. The lowest BCUT2D eigenvalue weighted by atomic mass is 9.82. The van der Waals surface area contributed by atoms with Crippen molar-refractivity contribution < 1.29 is 23.5 Å². The number of halogens is 2. The van der Waals surface area contributed by atoms with Crippen molar-refractivity contribution in [3.8, 4) is 0 Å². The molecule has 1 saturated carbocycles. The number of amides is 1. The minimum atomic E-state index is -1.14. The number of hydrogen-bond acceptors (Lipinski definition) is 2. The highest BCUT2D eigenvalue weighted by Crippen LogP contribution is 2.41. The SMILES string of the molecule is O=C(CC1(C(=O)O)CCCC1)Nc1cccc(F)c1F. The Morgan fingerprint density at radius 3 is 2.50 bits per heavy atom. The van der Waals surface area contributed by atoms with E-state index in [0.29, 0.717) is 12.8 Å². The number of carbonyl (C=O) groups excluding carboxylic acids is 1. The Morgan fingerprint density at radius 1 is 1.25 bits per heavy atom. The minimum Gasteiger partial charge on any atom is -0.481 e. The van der Waals surface area contributed by atoms with Crippen LogP contribution >= 0.6 is 0 Å². The average Bonchev–Trinajstić information content (AvgIpc) is 2.85. The van der Waals surface area contributed by atoms with E-state index in [1.165, 1.54) is 12.1 Å². The standard InChI is InChI=1S/C14H15F2NO3/c15-9-4-3-5-10(12(9)16)17-11(18)8-14(13(19)20)6-1-2-7-14/h3-5H,1-2,6-8H2,(H,17,18)(H,19,20). The smallest absolute Gasteiger partial charge is 0.310 e. The maximum Gasteiger partial charge on any atom is 0.310 e. The van der Waals surface area contributed by atoms with E-state index >= 15 is 0 Å². The number of carbonyl (C=O) groups is 2. The van der Waals surface area contributed by atoms with Crippen molar-refractivity contribution in [2.75, 3.05) is 5.32 Å². The van der Waals surface area contributed by atoms with E-state index < -0.39 is 28.9 Å². The zero-order valence-electron chi connectivity index (χ0n) is 10.8. The van der Waals surface area contributed by atoms with Crippen LogP contribution in [-0.4, -0.2) is 17.0 Å². The average molecular weight is 283 g/mol. The fourth-order valence-corrected chi connectivity index (χ4v) is 2.62. The van der Waals surface area contributed by atoms with E-state index in [0.717, 1.165) is 18.9 Å². The molecule has 1 aliphatic rings. The summed E-state index contributed by atoms with van der Waals surface area (Å²) in [7, 11) is 0. The van der Waals surface area contributed by atoms with Crippen LogP contribution in [-0.2, 0) is 9.59 Å². The van der Waals surface area contributed by atoms with Gasteiger partial charge in [0.15, 0.2) is 11.6 Å². The van der Waals surface area contributed by atoms with E-state index in [1.54, 1.807) is 0 Å². The van der Waals surface area contributed by atoms with Crippen LogP contribution in [0.5, 0.6) is 0 Å². The third-order valence-electron chi connectivity index (χ3n) is 3.74. The van der Waals surface area contributed by atoms with Gasteiger partial charge in [0.2, 0.25) is 5.91 Å². The van der Waals surface area contributed by atoms with E-state index in [-0.39, 0.29) is 12.1 Å². The molecule has 1 amide bonds. The first kappa shape index (κ1) is 14.4. The Balaban J connectivity index is 2.09. The largest absolute Gasteiger partial charge is 0.481 e. The van der Waals surface area contributed by atoms with Gasteiger partial charge in [0, 0.05) is 6.42 Å². The summed E-state index contributed by atoms with van der Waals surface area (Å²) in [5, 5.41) is 11.5. The minimum absolute atomic E-state index is 0.224. The fourth-order valence-electron chi connectivity index (χ4n) is 2.62. The van der Waals surface area contributed by atoms with Gasteiger partial charge < -0.3 is 10.4 Å². The number of anilines is 1. The molecule has 0 aromatic heterocycles. The molecule has 1 fully saturated rings. The molecule has 4 nitrogen and oxygen atoms in total. The van der Waals surface area contributed by atoms with Gasteiger partial charge in [0.25, 0.3) is 0 Å². The second-order valence-electron chi connectivity index (χ2n) is 5.12. The molecule has 0 unspecified atom stereocenters. The first-order valence-electron chi connectivity index (χ1n) is 6.42. The van der Waals surface area contributed by atoms with Crippen molar-refractivity contribution in [1.29, 1.82) is 0 Å². The normalized spacial score (nSPS) is 16.9. The number of carboxylic acids is 1. The highest BCUT2D eigenvalue weighted by Gasteiger charge is 2.43. The van der Waals surface area contributed by atoms with Crippen LogP contribution in [0.15, 0.2) is 18.2 Å². The van der Waals surface area contributed by atoms with Crippen molar-refractivity contribution in [2.24, 2.45) is 5.41 Å². The fraction of sp³-hybridized carbons (Fsp3) is 0.429. The summed E-state index contributed by atoms with van der Waals surface area (Å²) in [6.07, 6.45) is 2.16. The number of benzene rings is 1. The molecule has 6 heteroatoms. The second-order valence-corrected chi connectivity index (χ2v) is 5.12. The molecule has 2 N–H and O–H groups in total. The summed E-state index contributed by atoms with van der Waals surface area (Å²) < 4.78 is 26.4. The first-order chi connectivity index (χ1) is 9.44. The van der Waals surface area contributed by atoms with Gasteiger partial charge in [-0.1, -0.05) is 18.9 Å². The predicted molar refractivity (Wildman–Crippen MR) is 68.1 cm³/mol. The Bertz CT molecular complexity index is 539. The van der Waals surface area contributed by atoms with Gasteiger partial charge in [0.1, 0.15) is 0 Å². The van der Waals surface area contributed by atoms with E-state index in [1.807, 2.05) is 0 Å². The summed E-state index contributed by atoms with van der Waals surface area (Å²) in [5.41, 5.74) is -1.35. The molecule has 0 aliphatic heterocycles. The maximum atomic E-state index is 13.4. The third-order valence-corrected chi connectivity index (χ3v) is 3.74. The molecule has 0 radical (unpaired) electrons. The van der Waals surface area contributed by atoms with E-state index in [2.05, 4.69) is 5.32 Å². The lowest BCUT2D eigenvalue weighted by molar-refractivity contribution is -0.150. The monoisotopic (exact) mass is 283 g/mol. The van der Waals surface area contributed by atoms with Crippen molar-refractivity contribution >= 4 is 17.6 Å². The van der Waals surface area contributed by atoms with E-state index in [9.17, 15) is 23.5 Å². The predicted octanol–water partition coefficient (Wildman–Crippen LogP) is 2.94. The molecule has 0 heterocycles. The summed E-state index contributed by atoms with van der Waals surface area (Å²) in [4.78, 5) is 23.2. The number of carboxylic acid groups (broad SMARTS) is 1. The zero-order chi connectivity index (χ0) is 14.8. The zero-order valence-corrected chi connectivity index (χ0v) is 10.8. The first-order valence-corrected chi connectivity index (χ1v) is 6.42. The van der Waals surface area contributed by atoms with Crippen molar-refractivity contribution in [2.45, 2.75) is 32.1 Å². The van der Waals surface area contributed by atoms with Crippen LogP contribution < -0.4 is 5.32 Å². The molecule has 1 aromatic rings.